The molecule has 0 radical (unpaired) electrons. The van der Waals surface area contributed by atoms with Crippen LogP contribution in [0.25, 0.3) is 0 Å². The van der Waals surface area contributed by atoms with Crippen LogP contribution >= 0.6 is 0 Å². The monoisotopic (exact) mass is 208 g/mol. The third kappa shape index (κ3) is 1.93. The molecule has 2 rings (SSSR count). The van der Waals surface area contributed by atoms with E-state index in [0.29, 0.717) is 12.0 Å². The second-order valence-corrected chi connectivity index (χ2v) is 5.54. The van der Waals surface area contributed by atoms with E-state index in [4.69, 9.17) is 10.3 Å². The Balaban J connectivity index is 2.25. The second-order valence-electron chi connectivity index (χ2n) is 5.54. The number of hydrogen-bond donors (Lipinski definition) is 1. The molecule has 1 aliphatic rings. The van der Waals surface area contributed by atoms with Crippen molar-refractivity contribution in [1.82, 2.24) is 5.16 Å². The molecule has 3 heteroatoms. The molecule has 3 nitrogen and oxygen atoms in total. The summed E-state index contributed by atoms with van der Waals surface area (Å²) in [7, 11) is 0. The Morgan fingerprint density at radius 2 is 2.20 bits per heavy atom. The molecule has 0 amide bonds. The molecule has 84 valence electrons. The smallest absolute Gasteiger partial charge is 0.140 e. The maximum atomic E-state index is 5.65. The highest BCUT2D eigenvalue weighted by molar-refractivity contribution is 5.26. The number of aryl methyl sites for hydroxylation is 1. The lowest BCUT2D eigenvalue weighted by Gasteiger charge is -2.33. The van der Waals surface area contributed by atoms with Crippen LogP contribution in [0.1, 0.15) is 44.2 Å². The first-order valence-corrected chi connectivity index (χ1v) is 5.68. The number of hydrogen-bond acceptors (Lipinski definition) is 3. The molecule has 0 bridgehead atoms. The lowest BCUT2D eigenvalue weighted by molar-refractivity contribution is 0.206. The summed E-state index contributed by atoms with van der Waals surface area (Å²) in [5, 5.41) is 4.03. The van der Waals surface area contributed by atoms with Crippen molar-refractivity contribution >= 4 is 0 Å². The van der Waals surface area contributed by atoms with Crippen LogP contribution in [0.3, 0.4) is 0 Å². The van der Waals surface area contributed by atoms with E-state index in [0.717, 1.165) is 30.2 Å². The van der Waals surface area contributed by atoms with Crippen LogP contribution in [0.2, 0.25) is 0 Å². The van der Waals surface area contributed by atoms with Gasteiger partial charge in [0.1, 0.15) is 11.5 Å². The van der Waals surface area contributed by atoms with Gasteiger partial charge in [0.05, 0.1) is 0 Å². The Hall–Kier alpha value is -0.830. The SMILES string of the molecule is CC(C)(C)[C@H]1CCc2onc(CN)c2C1. The van der Waals surface area contributed by atoms with Gasteiger partial charge in [-0.3, -0.25) is 0 Å². The van der Waals surface area contributed by atoms with Gasteiger partial charge in [-0.25, -0.2) is 0 Å². The first-order chi connectivity index (χ1) is 7.02. The number of nitrogens with two attached hydrogens (primary N) is 1. The molecule has 1 heterocycles. The van der Waals surface area contributed by atoms with Crippen LogP contribution in [0.4, 0.5) is 0 Å². The van der Waals surface area contributed by atoms with Crippen molar-refractivity contribution < 1.29 is 4.52 Å². The maximum Gasteiger partial charge on any atom is 0.140 e. The average molecular weight is 208 g/mol. The Labute approximate surface area is 91.0 Å². The van der Waals surface area contributed by atoms with Crippen LogP contribution in [-0.2, 0) is 19.4 Å². The van der Waals surface area contributed by atoms with E-state index in [2.05, 4.69) is 25.9 Å². The zero-order chi connectivity index (χ0) is 11.1. The van der Waals surface area contributed by atoms with Crippen molar-refractivity contribution in [3.8, 4) is 0 Å². The molecule has 1 aromatic heterocycles. The predicted octanol–water partition coefficient (Wildman–Crippen LogP) is 2.28. The Morgan fingerprint density at radius 1 is 1.47 bits per heavy atom. The molecule has 0 fully saturated rings. The summed E-state index contributed by atoms with van der Waals surface area (Å²) in [4.78, 5) is 0. The van der Waals surface area contributed by atoms with Gasteiger partial charge in [0.25, 0.3) is 0 Å². The normalized spacial score (nSPS) is 21.5. The highest BCUT2D eigenvalue weighted by Gasteiger charge is 2.32. The van der Waals surface area contributed by atoms with Gasteiger partial charge in [-0.05, 0) is 24.2 Å². The Morgan fingerprint density at radius 3 is 2.80 bits per heavy atom. The fourth-order valence-corrected chi connectivity index (χ4v) is 2.36. The van der Waals surface area contributed by atoms with Crippen LogP contribution in [0.5, 0.6) is 0 Å². The number of rotatable bonds is 1. The highest BCUT2D eigenvalue weighted by Crippen LogP contribution is 2.38. The van der Waals surface area contributed by atoms with E-state index < -0.39 is 0 Å². The molecule has 0 saturated heterocycles. The van der Waals surface area contributed by atoms with Gasteiger partial charge in [-0.15, -0.1) is 0 Å². The van der Waals surface area contributed by atoms with Crippen LogP contribution in [0, 0.1) is 11.3 Å². The zero-order valence-corrected chi connectivity index (χ0v) is 9.84. The summed E-state index contributed by atoms with van der Waals surface area (Å²) in [6.45, 7) is 7.41. The molecule has 0 unspecified atom stereocenters. The molecule has 1 aliphatic carbocycles. The van der Waals surface area contributed by atoms with Crippen molar-refractivity contribution in [2.75, 3.05) is 0 Å². The highest BCUT2D eigenvalue weighted by atomic mass is 16.5. The van der Waals surface area contributed by atoms with E-state index in [1.165, 1.54) is 12.0 Å². The summed E-state index contributed by atoms with van der Waals surface area (Å²) in [6.07, 6.45) is 3.30. The quantitative estimate of drug-likeness (QED) is 0.770. The maximum absolute atomic E-state index is 5.65. The van der Waals surface area contributed by atoms with Gasteiger partial charge in [-0.2, -0.15) is 0 Å². The number of aromatic nitrogens is 1. The summed E-state index contributed by atoms with van der Waals surface area (Å²) in [5.74, 6) is 1.78. The van der Waals surface area contributed by atoms with Gasteiger partial charge in [-0.1, -0.05) is 25.9 Å². The van der Waals surface area contributed by atoms with Gasteiger partial charge in [0, 0.05) is 18.5 Å². The van der Waals surface area contributed by atoms with Crippen molar-refractivity contribution in [3.05, 3.63) is 17.0 Å². The van der Waals surface area contributed by atoms with E-state index in [-0.39, 0.29) is 0 Å². The van der Waals surface area contributed by atoms with E-state index in [1.807, 2.05) is 0 Å². The molecule has 1 aromatic rings. The van der Waals surface area contributed by atoms with Gasteiger partial charge < -0.3 is 10.3 Å². The van der Waals surface area contributed by atoms with E-state index >= 15 is 0 Å². The third-order valence-corrected chi connectivity index (χ3v) is 3.54. The summed E-state index contributed by atoms with van der Waals surface area (Å²) in [5.41, 5.74) is 8.25. The molecule has 2 N–H and O–H groups in total. The molecule has 0 aromatic carbocycles. The predicted molar refractivity (Wildman–Crippen MR) is 59.4 cm³/mol. The minimum Gasteiger partial charge on any atom is -0.361 e. The second kappa shape index (κ2) is 3.63. The molecule has 0 saturated carbocycles. The first kappa shape index (κ1) is 10.7. The largest absolute Gasteiger partial charge is 0.361 e. The Bertz CT molecular complexity index is 335. The lowest BCUT2D eigenvalue weighted by atomic mass is 9.72. The Kier molecular flexibility index (Phi) is 2.59. The zero-order valence-electron chi connectivity index (χ0n) is 9.84. The molecule has 0 aliphatic heterocycles. The standard InChI is InChI=1S/C12H20N2O/c1-12(2,3)8-4-5-11-9(6-8)10(7-13)14-15-11/h8H,4-7,13H2,1-3H3/t8-/m0/s1. The van der Waals surface area contributed by atoms with Gasteiger partial charge >= 0.3 is 0 Å². The van der Waals surface area contributed by atoms with Crippen molar-refractivity contribution in [2.45, 2.75) is 46.6 Å². The van der Waals surface area contributed by atoms with Crippen molar-refractivity contribution in [1.29, 1.82) is 0 Å². The fourth-order valence-electron chi connectivity index (χ4n) is 2.36. The van der Waals surface area contributed by atoms with E-state index in [9.17, 15) is 0 Å². The molecule has 15 heavy (non-hydrogen) atoms. The molecule has 1 atom stereocenters. The fraction of sp³-hybridized carbons (Fsp3) is 0.750. The summed E-state index contributed by atoms with van der Waals surface area (Å²) >= 11 is 0. The summed E-state index contributed by atoms with van der Waals surface area (Å²) < 4.78 is 5.31. The van der Waals surface area contributed by atoms with Crippen LogP contribution in [0.15, 0.2) is 4.52 Å². The minimum absolute atomic E-state index is 0.362. The van der Waals surface area contributed by atoms with Crippen molar-refractivity contribution in [2.24, 2.45) is 17.1 Å². The molecular formula is C12H20N2O. The molecule has 0 spiro atoms. The van der Waals surface area contributed by atoms with Crippen LogP contribution in [-0.4, -0.2) is 5.16 Å². The average Bonchev–Trinajstić information content (AvgIpc) is 2.57. The number of nitrogens with zero attached hydrogens (tertiary/aromatic N) is 1. The van der Waals surface area contributed by atoms with Crippen LogP contribution < -0.4 is 5.73 Å². The van der Waals surface area contributed by atoms with Gasteiger partial charge in [0.15, 0.2) is 0 Å². The third-order valence-electron chi connectivity index (χ3n) is 3.54. The number of fused-ring (bicyclic) bond motifs is 1. The minimum atomic E-state index is 0.362. The lowest BCUT2D eigenvalue weighted by Crippen LogP contribution is -2.27. The summed E-state index contributed by atoms with van der Waals surface area (Å²) in [6, 6.07) is 0. The topological polar surface area (TPSA) is 52.0 Å². The van der Waals surface area contributed by atoms with Gasteiger partial charge in [0.2, 0.25) is 0 Å². The molecular weight excluding hydrogens is 188 g/mol. The first-order valence-electron chi connectivity index (χ1n) is 5.68. The van der Waals surface area contributed by atoms with E-state index in [1.54, 1.807) is 0 Å². The van der Waals surface area contributed by atoms with Crippen molar-refractivity contribution in [3.63, 3.8) is 0 Å².